The zero-order valence-electron chi connectivity index (χ0n) is 60.4. The number of tetrazole rings is 1. The number of aromatic nitrogens is 10. The Morgan fingerprint density at radius 2 is 0.972 bits per heavy atom. The number of rotatable bonds is 15. The van der Waals surface area contributed by atoms with Crippen molar-refractivity contribution in [3.05, 3.63) is 273 Å². The van der Waals surface area contributed by atoms with Crippen molar-refractivity contribution in [1.82, 2.24) is 60.8 Å². The number of aliphatic imine (C=N–C) groups is 1. The molecule has 9 heterocycles. The molecule has 0 bridgehead atoms. The van der Waals surface area contributed by atoms with Gasteiger partial charge in [-0.15, -0.1) is 15.3 Å². The van der Waals surface area contributed by atoms with Gasteiger partial charge in [0, 0.05) is 54.9 Å². The molecule has 0 saturated heterocycles. The van der Waals surface area contributed by atoms with Crippen LogP contribution in [0.2, 0.25) is 30.1 Å². The lowest BCUT2D eigenvalue weighted by Gasteiger charge is -2.11. The number of benzene rings is 6. The molecule has 13 aromatic rings. The highest BCUT2D eigenvalue weighted by molar-refractivity contribution is 7.08. The summed E-state index contributed by atoms with van der Waals surface area (Å²) in [7, 11) is 0. The van der Waals surface area contributed by atoms with E-state index in [-0.39, 0.29) is 22.3 Å². The van der Waals surface area contributed by atoms with Gasteiger partial charge in [-0.05, 0) is 183 Å². The van der Waals surface area contributed by atoms with Crippen molar-refractivity contribution < 1.29 is 8.83 Å². The molecule has 108 heavy (non-hydrogen) atoms. The molecule has 2 aliphatic rings. The summed E-state index contributed by atoms with van der Waals surface area (Å²) in [6.45, 7) is 26.4. The fourth-order valence-electron chi connectivity index (χ4n) is 11.4. The lowest BCUT2D eigenvalue weighted by atomic mass is 10.0. The van der Waals surface area contributed by atoms with Crippen LogP contribution >= 0.6 is 80.9 Å². The van der Waals surface area contributed by atoms with Gasteiger partial charge in [0.25, 0.3) is 0 Å². The maximum absolute atomic E-state index is 6.47. The number of halogens is 6. The minimum atomic E-state index is 0. The number of aryl methyl sites for hydroxylation is 3. The van der Waals surface area contributed by atoms with Gasteiger partial charge in [0.05, 0.1) is 68.0 Å². The predicted octanol–water partition coefficient (Wildman–Crippen LogP) is 24.4. The third-order valence-corrected chi connectivity index (χ3v) is 18.8. The highest BCUT2D eigenvalue weighted by Crippen LogP contribution is 2.38. The summed E-state index contributed by atoms with van der Waals surface area (Å²) in [5.74, 6) is 4.45. The Hall–Kier alpha value is -9.28. The molecular formula is C83H94Cl6N16O2S. The van der Waals surface area contributed by atoms with E-state index in [1.165, 1.54) is 34.2 Å². The van der Waals surface area contributed by atoms with Gasteiger partial charge in [-0.3, -0.25) is 0 Å². The molecule has 0 unspecified atom stereocenters. The third kappa shape index (κ3) is 22.7. The second kappa shape index (κ2) is 40.8. The van der Waals surface area contributed by atoms with E-state index in [0.717, 1.165) is 121 Å². The molecule has 0 aliphatic carbocycles. The smallest absolute Gasteiger partial charge is 0.225 e. The molecule has 0 radical (unpaired) electrons. The van der Waals surface area contributed by atoms with Gasteiger partial charge in [0.1, 0.15) is 41.8 Å². The zero-order valence-corrected chi connectivity index (χ0v) is 65.7. The highest BCUT2D eigenvalue weighted by atomic mass is 35.5. The van der Waals surface area contributed by atoms with E-state index >= 15 is 0 Å². The second-order valence-corrected chi connectivity index (χ2v) is 29.7. The number of aromatic amines is 1. The van der Waals surface area contributed by atoms with E-state index < -0.39 is 0 Å². The SMILES string of the molecule is C.C.C.CC(C)Cc1ccco1.CC(C)Cc1ccoc1.CC(C)Cc1ccsc1.Cc1ccc(-c2c(C)c(-c3nn[nH]n3)nn2-c2ccc(Cl)cc2Cl)cc1.Cc1ccc(-c2c(C)c(C3=NCNN3)nn2-c2ccc(Cl)cc2Cl)cc1.Cc1ccc(-c2c(C)c(C3=NN=NC3)nn2-c2ccc(Cl)cc2Cl)cc1. The van der Waals surface area contributed by atoms with Crippen LogP contribution in [0.4, 0.5) is 0 Å². The van der Waals surface area contributed by atoms with E-state index in [0.29, 0.717) is 60.8 Å². The van der Waals surface area contributed by atoms with Crippen LogP contribution in [0, 0.1) is 59.3 Å². The summed E-state index contributed by atoms with van der Waals surface area (Å²) in [4.78, 5) is 4.42. The summed E-state index contributed by atoms with van der Waals surface area (Å²) >= 11 is 39.3. The van der Waals surface area contributed by atoms with Gasteiger partial charge in [0.2, 0.25) is 5.82 Å². The van der Waals surface area contributed by atoms with E-state index in [4.69, 9.17) is 93.7 Å². The van der Waals surface area contributed by atoms with Crippen LogP contribution in [-0.2, 0) is 19.3 Å². The minimum Gasteiger partial charge on any atom is -0.472 e. The molecule has 7 aromatic heterocycles. The van der Waals surface area contributed by atoms with Gasteiger partial charge in [0.15, 0.2) is 5.84 Å². The van der Waals surface area contributed by atoms with Crippen LogP contribution < -0.4 is 10.9 Å². The quantitative estimate of drug-likeness (QED) is 0.0885. The lowest BCUT2D eigenvalue weighted by molar-refractivity contribution is 0.472. The Morgan fingerprint density at radius 3 is 1.35 bits per heavy atom. The molecular weight excluding hydrogens is 1500 g/mol. The fraction of sp³-hybridized carbons (Fsp3) is 0.277. The maximum atomic E-state index is 6.47. The molecule has 566 valence electrons. The van der Waals surface area contributed by atoms with Gasteiger partial charge < -0.3 is 14.3 Å². The summed E-state index contributed by atoms with van der Waals surface area (Å²) in [6, 6.07) is 49.2. The zero-order chi connectivity index (χ0) is 74.8. The lowest BCUT2D eigenvalue weighted by Crippen LogP contribution is -2.30. The number of hydrogen-bond donors (Lipinski definition) is 3. The van der Waals surface area contributed by atoms with Gasteiger partial charge in [-0.2, -0.15) is 37.0 Å². The Balaban J connectivity index is 0.000000190. The number of thiophene rings is 1. The van der Waals surface area contributed by atoms with E-state index in [9.17, 15) is 0 Å². The molecule has 15 rings (SSSR count). The van der Waals surface area contributed by atoms with Crippen molar-refractivity contribution in [2.75, 3.05) is 13.2 Å². The summed E-state index contributed by atoms with van der Waals surface area (Å²) in [6.07, 6.45) is 8.64. The number of nitrogens with one attached hydrogen (secondary N) is 3. The molecule has 18 nitrogen and oxygen atoms in total. The number of H-pyrrole nitrogens is 1. The monoisotopic (exact) mass is 1590 g/mol. The summed E-state index contributed by atoms with van der Waals surface area (Å²) in [5.41, 5.74) is 26.5. The molecule has 25 heteroatoms. The Bertz CT molecular complexity index is 4800. The van der Waals surface area contributed by atoms with Crippen molar-refractivity contribution in [2.24, 2.45) is 38.2 Å². The molecule has 6 aromatic carbocycles. The average molecular weight is 1590 g/mol. The van der Waals surface area contributed by atoms with Crippen LogP contribution in [0.5, 0.6) is 0 Å². The highest BCUT2D eigenvalue weighted by Gasteiger charge is 2.27. The first-order valence-electron chi connectivity index (χ1n) is 34.1. The molecule has 0 fully saturated rings. The molecule has 3 N–H and O–H groups in total. The fourth-order valence-corrected chi connectivity index (χ4v) is 13.6. The van der Waals surface area contributed by atoms with Crippen LogP contribution in [0.15, 0.2) is 210 Å². The number of hydrogen-bond acceptors (Lipinski definition) is 15. The van der Waals surface area contributed by atoms with E-state index in [2.05, 4.69) is 204 Å². The van der Waals surface area contributed by atoms with Gasteiger partial charge in [-0.25, -0.2) is 24.5 Å². The first kappa shape index (κ1) is 86.0. The number of furan rings is 2. The standard InChI is InChI=1S/C19H15Cl2N5.C19H17Cl2N5.C18H14Cl2N6.2C8H12O.C8H12S.3CH4/c1-11-3-5-13(6-4-11)19-12(2)18(16-10-22-25-23-16)24-26(19)17-8-7-14(20)9-15(17)21;1-11-3-5-13(6-4-11)18-12(2)17(19-22-10-23-24-19)25-26(18)16-8-7-14(20)9-15(16)21;1-10-3-5-12(6-4-10)17-11(2)16(18-21-24-25-22-18)23-26(17)15-8-7-13(19)9-14(15)20;1-7(2)5-8-3-4-9-6-8;1-7(2)6-8-4-3-5-9-8;1-7(2)5-8-3-4-9-6-8;;;/h3-9H,10H2,1-2H3;3-9,23H,10H2,1-2H3,(H,22,24);3-9H,1-2H3,(H,21,22,24,25);3-4,6-7H,5H2,1-2H3;3-5,7H,6H2,1-2H3;3-4,6-7H,5H2,1-2H3;3*1H4. The molecule has 0 atom stereocenters. The van der Waals surface area contributed by atoms with Crippen LogP contribution in [-0.4, -0.2) is 74.7 Å². The number of hydrazine groups is 1. The molecule has 0 saturated carbocycles. The Kier molecular flexibility index (Phi) is 32.5. The summed E-state index contributed by atoms with van der Waals surface area (Å²) < 4.78 is 15.6. The second-order valence-electron chi connectivity index (χ2n) is 26.4. The average Bonchev–Trinajstić information content (AvgIpc) is 1.63. The van der Waals surface area contributed by atoms with Gasteiger partial charge in [-0.1, -0.05) is 223 Å². The molecule has 0 amide bonds. The first-order chi connectivity index (χ1) is 50.5. The summed E-state index contributed by atoms with van der Waals surface area (Å²) in [5, 5.41) is 48.0. The number of amidine groups is 1. The van der Waals surface area contributed by atoms with Crippen molar-refractivity contribution in [3.63, 3.8) is 0 Å². The first-order valence-corrected chi connectivity index (χ1v) is 37.3. The largest absolute Gasteiger partial charge is 0.472 e. The normalized spacial score (nSPS) is 11.8. The van der Waals surface area contributed by atoms with Crippen molar-refractivity contribution >= 4 is 92.5 Å². The Morgan fingerprint density at radius 1 is 0.509 bits per heavy atom. The predicted molar refractivity (Wildman–Crippen MR) is 450 cm³/mol. The number of nitrogens with zero attached hydrogens (tertiary/aromatic N) is 13. The molecule has 2 aliphatic heterocycles. The molecule has 0 spiro atoms. The van der Waals surface area contributed by atoms with E-state index in [1.807, 2.05) is 72.6 Å². The van der Waals surface area contributed by atoms with E-state index in [1.54, 1.807) is 65.1 Å². The van der Waals surface area contributed by atoms with Crippen molar-refractivity contribution in [2.45, 2.75) is 125 Å². The maximum Gasteiger partial charge on any atom is 0.225 e. The Labute approximate surface area is 668 Å². The van der Waals surface area contributed by atoms with Crippen molar-refractivity contribution in [1.29, 1.82) is 0 Å². The van der Waals surface area contributed by atoms with Gasteiger partial charge >= 0.3 is 0 Å². The minimum absolute atomic E-state index is 0. The van der Waals surface area contributed by atoms with Crippen LogP contribution in [0.25, 0.3) is 62.4 Å². The van der Waals surface area contributed by atoms with Crippen LogP contribution in [0.1, 0.15) is 125 Å². The topological polar surface area (TPSA) is 208 Å². The third-order valence-electron chi connectivity index (χ3n) is 16.4. The van der Waals surface area contributed by atoms with Crippen molar-refractivity contribution in [3.8, 4) is 62.4 Å². The van der Waals surface area contributed by atoms with Crippen LogP contribution in [0.3, 0.4) is 0 Å².